The lowest BCUT2D eigenvalue weighted by Gasteiger charge is -2.16. The minimum absolute atomic E-state index is 0.547. The lowest BCUT2D eigenvalue weighted by Crippen LogP contribution is -2.26. The molecule has 1 atom stereocenters. The molecule has 0 saturated carbocycles. The highest BCUT2D eigenvalue weighted by atomic mass is 16.3. The van der Waals surface area contributed by atoms with Gasteiger partial charge in [-0.05, 0) is 31.7 Å². The van der Waals surface area contributed by atoms with Gasteiger partial charge in [0.25, 0.3) is 0 Å². The van der Waals surface area contributed by atoms with Gasteiger partial charge in [0.05, 0.1) is 18.3 Å². The predicted octanol–water partition coefficient (Wildman–Crippen LogP) is 2.56. The van der Waals surface area contributed by atoms with Crippen LogP contribution in [0.1, 0.15) is 52.0 Å². The van der Waals surface area contributed by atoms with Crippen LogP contribution in [0.2, 0.25) is 0 Å². The fraction of sp³-hybridized carbons (Fsp3) is 0.750. The molecule has 0 saturated heterocycles. The molecule has 86 valence electrons. The second kappa shape index (κ2) is 4.79. The summed E-state index contributed by atoms with van der Waals surface area (Å²) in [4.78, 5) is 0. The molecule has 1 unspecified atom stereocenters. The van der Waals surface area contributed by atoms with E-state index in [4.69, 9.17) is 0 Å². The summed E-state index contributed by atoms with van der Waals surface area (Å²) >= 11 is 0. The zero-order valence-electron chi connectivity index (χ0n) is 10.2. The van der Waals surface area contributed by atoms with Gasteiger partial charge in [-0.3, -0.25) is 4.68 Å². The van der Waals surface area contributed by atoms with Crippen LogP contribution >= 0.6 is 0 Å². The second-order valence-electron chi connectivity index (χ2n) is 4.97. The molecule has 0 fully saturated rings. The van der Waals surface area contributed by atoms with Gasteiger partial charge in [0, 0.05) is 6.20 Å². The van der Waals surface area contributed by atoms with Crippen LogP contribution in [0, 0.1) is 0 Å². The average Bonchev–Trinajstić information content (AvgIpc) is 2.50. The molecule has 3 nitrogen and oxygen atoms in total. The normalized spacial score (nSPS) is 14.2. The van der Waals surface area contributed by atoms with Crippen LogP contribution in [0.5, 0.6) is 0 Å². The molecule has 0 spiro atoms. The molecule has 1 rings (SSSR count). The van der Waals surface area contributed by atoms with E-state index in [-0.39, 0.29) is 0 Å². The minimum atomic E-state index is -0.697. The Morgan fingerprint density at radius 1 is 1.53 bits per heavy atom. The van der Waals surface area contributed by atoms with Crippen LogP contribution in [0.25, 0.3) is 0 Å². The molecule has 0 aliphatic rings. The van der Waals surface area contributed by atoms with Crippen molar-refractivity contribution >= 4 is 0 Å². The number of hydrogen-bond donors (Lipinski definition) is 1. The van der Waals surface area contributed by atoms with Crippen LogP contribution in [0.4, 0.5) is 0 Å². The van der Waals surface area contributed by atoms with E-state index in [0.717, 1.165) is 0 Å². The van der Waals surface area contributed by atoms with Crippen molar-refractivity contribution in [1.29, 1.82) is 0 Å². The highest BCUT2D eigenvalue weighted by Gasteiger charge is 2.15. The molecule has 0 radical (unpaired) electrons. The van der Waals surface area contributed by atoms with Crippen molar-refractivity contribution in [2.45, 2.75) is 58.6 Å². The molecule has 0 amide bonds. The smallest absolute Gasteiger partial charge is 0.0786 e. The van der Waals surface area contributed by atoms with E-state index in [1.165, 1.54) is 18.4 Å². The maximum absolute atomic E-state index is 9.66. The van der Waals surface area contributed by atoms with E-state index in [1.807, 2.05) is 17.1 Å². The number of hydrogen-bond acceptors (Lipinski definition) is 2. The predicted molar refractivity (Wildman–Crippen MR) is 61.8 cm³/mol. The van der Waals surface area contributed by atoms with Gasteiger partial charge in [0.15, 0.2) is 0 Å². The third kappa shape index (κ3) is 4.04. The Morgan fingerprint density at radius 3 is 2.73 bits per heavy atom. The maximum Gasteiger partial charge on any atom is 0.0786 e. The summed E-state index contributed by atoms with van der Waals surface area (Å²) in [7, 11) is 0. The third-order valence-electron chi connectivity index (χ3n) is 2.49. The van der Waals surface area contributed by atoms with Gasteiger partial charge >= 0.3 is 0 Å². The quantitative estimate of drug-likeness (QED) is 0.811. The van der Waals surface area contributed by atoms with Gasteiger partial charge in [-0.15, -0.1) is 0 Å². The summed E-state index contributed by atoms with van der Waals surface area (Å²) < 4.78 is 1.82. The SMILES string of the molecule is CCCC(C)c1cnn(CC(C)(C)O)c1. The molecule has 15 heavy (non-hydrogen) atoms. The molecule has 1 aromatic heterocycles. The van der Waals surface area contributed by atoms with Crippen molar-refractivity contribution in [2.75, 3.05) is 0 Å². The molecule has 0 aliphatic carbocycles. The second-order valence-corrected chi connectivity index (χ2v) is 4.97. The lowest BCUT2D eigenvalue weighted by molar-refractivity contribution is 0.0577. The first-order chi connectivity index (χ1) is 6.92. The monoisotopic (exact) mass is 210 g/mol. The summed E-state index contributed by atoms with van der Waals surface area (Å²) in [6, 6.07) is 0. The number of aliphatic hydroxyl groups is 1. The van der Waals surface area contributed by atoms with Crippen molar-refractivity contribution in [3.63, 3.8) is 0 Å². The van der Waals surface area contributed by atoms with Gasteiger partial charge in [-0.25, -0.2) is 0 Å². The molecule has 0 aromatic carbocycles. The lowest BCUT2D eigenvalue weighted by atomic mass is 10.0. The molecule has 0 bridgehead atoms. The summed E-state index contributed by atoms with van der Waals surface area (Å²) in [5.74, 6) is 0.561. The zero-order valence-corrected chi connectivity index (χ0v) is 10.2. The highest BCUT2D eigenvalue weighted by Crippen LogP contribution is 2.20. The number of aromatic nitrogens is 2. The Morgan fingerprint density at radius 2 is 2.20 bits per heavy atom. The standard InChI is InChI=1S/C12H22N2O/c1-5-6-10(2)11-7-13-14(8-11)9-12(3,4)15/h7-8,10,15H,5-6,9H2,1-4H3. The molecular formula is C12H22N2O. The van der Waals surface area contributed by atoms with Crippen LogP contribution < -0.4 is 0 Å². The fourth-order valence-corrected chi connectivity index (χ4v) is 1.72. The van der Waals surface area contributed by atoms with Crippen molar-refractivity contribution in [2.24, 2.45) is 0 Å². The molecule has 1 heterocycles. The van der Waals surface area contributed by atoms with E-state index in [1.54, 1.807) is 13.8 Å². The number of rotatable bonds is 5. The third-order valence-corrected chi connectivity index (χ3v) is 2.49. The van der Waals surface area contributed by atoms with Crippen LogP contribution in [-0.4, -0.2) is 20.5 Å². The van der Waals surface area contributed by atoms with Crippen LogP contribution in [0.3, 0.4) is 0 Å². The van der Waals surface area contributed by atoms with Gasteiger partial charge in [0.2, 0.25) is 0 Å². The van der Waals surface area contributed by atoms with E-state index in [9.17, 15) is 5.11 Å². The Labute approximate surface area is 92.1 Å². The Balaban J connectivity index is 2.64. The van der Waals surface area contributed by atoms with E-state index in [0.29, 0.717) is 12.5 Å². The summed E-state index contributed by atoms with van der Waals surface area (Å²) in [6.07, 6.45) is 6.33. The van der Waals surface area contributed by atoms with Gasteiger partial charge < -0.3 is 5.11 Å². The Bertz CT molecular complexity index is 299. The molecule has 1 N–H and O–H groups in total. The van der Waals surface area contributed by atoms with E-state index in [2.05, 4.69) is 18.9 Å². The first-order valence-electron chi connectivity index (χ1n) is 5.67. The number of nitrogens with zero attached hydrogens (tertiary/aromatic N) is 2. The molecule has 0 aliphatic heterocycles. The van der Waals surface area contributed by atoms with Crippen molar-refractivity contribution in [3.05, 3.63) is 18.0 Å². The molecular weight excluding hydrogens is 188 g/mol. The summed E-state index contributed by atoms with van der Waals surface area (Å²) in [6.45, 7) is 8.55. The van der Waals surface area contributed by atoms with Gasteiger partial charge in [0.1, 0.15) is 0 Å². The van der Waals surface area contributed by atoms with Crippen molar-refractivity contribution in [3.8, 4) is 0 Å². The summed E-state index contributed by atoms with van der Waals surface area (Å²) in [5.41, 5.74) is 0.568. The van der Waals surface area contributed by atoms with Crippen LogP contribution in [0.15, 0.2) is 12.4 Å². The average molecular weight is 210 g/mol. The van der Waals surface area contributed by atoms with E-state index >= 15 is 0 Å². The summed E-state index contributed by atoms with van der Waals surface area (Å²) in [5, 5.41) is 13.9. The Hall–Kier alpha value is -0.830. The first-order valence-corrected chi connectivity index (χ1v) is 5.67. The molecule has 3 heteroatoms. The highest BCUT2D eigenvalue weighted by molar-refractivity contribution is 5.10. The van der Waals surface area contributed by atoms with Crippen molar-refractivity contribution in [1.82, 2.24) is 9.78 Å². The van der Waals surface area contributed by atoms with Gasteiger partial charge in [-0.2, -0.15) is 5.10 Å². The van der Waals surface area contributed by atoms with Gasteiger partial charge in [-0.1, -0.05) is 20.3 Å². The fourth-order valence-electron chi connectivity index (χ4n) is 1.72. The minimum Gasteiger partial charge on any atom is -0.389 e. The largest absolute Gasteiger partial charge is 0.389 e. The molecule has 1 aromatic rings. The van der Waals surface area contributed by atoms with E-state index < -0.39 is 5.60 Å². The van der Waals surface area contributed by atoms with Crippen LogP contribution in [-0.2, 0) is 6.54 Å². The first kappa shape index (κ1) is 12.2. The zero-order chi connectivity index (χ0) is 11.5. The van der Waals surface area contributed by atoms with Crippen molar-refractivity contribution < 1.29 is 5.11 Å². The maximum atomic E-state index is 9.66. The Kier molecular flexibility index (Phi) is 3.91. The topological polar surface area (TPSA) is 38.0 Å².